The Morgan fingerprint density at radius 3 is 2.37 bits per heavy atom. The highest BCUT2D eigenvalue weighted by molar-refractivity contribution is 7.10. The van der Waals surface area contributed by atoms with Crippen molar-refractivity contribution in [2.45, 2.75) is 71.3 Å². The van der Waals surface area contributed by atoms with Gasteiger partial charge in [-0.15, -0.1) is 11.3 Å². The Kier molecular flexibility index (Phi) is 7.63. The van der Waals surface area contributed by atoms with E-state index in [1.54, 1.807) is 11.4 Å². The molecule has 0 spiro atoms. The van der Waals surface area contributed by atoms with E-state index in [0.29, 0.717) is 12.2 Å². The molecule has 0 aliphatic carbocycles. The molecule has 0 unspecified atom stereocenters. The van der Waals surface area contributed by atoms with Crippen LogP contribution in [0.1, 0.15) is 58.0 Å². The van der Waals surface area contributed by atoms with E-state index in [-0.39, 0.29) is 10.9 Å². The third-order valence-electron chi connectivity index (χ3n) is 4.47. The summed E-state index contributed by atoms with van der Waals surface area (Å²) >= 11 is 1.39. The average Bonchev–Trinajstić information content (AvgIpc) is 2.97. The molecular weight excluding hydrogens is 382 g/mol. The van der Waals surface area contributed by atoms with Crippen molar-refractivity contribution >= 4 is 31.6 Å². The van der Waals surface area contributed by atoms with Crippen molar-refractivity contribution < 1.29 is 19.2 Å². The molecule has 4 N–H and O–H groups in total. The van der Waals surface area contributed by atoms with Crippen LogP contribution in [-0.4, -0.2) is 37.7 Å². The van der Waals surface area contributed by atoms with E-state index in [0.717, 1.165) is 4.88 Å². The quantitative estimate of drug-likeness (QED) is 0.234. The Morgan fingerprint density at radius 1 is 1.30 bits per heavy atom. The number of hydrogen-bond acceptors (Lipinski definition) is 6. The highest BCUT2D eigenvalue weighted by Crippen LogP contribution is 2.37. The smallest absolute Gasteiger partial charge is 0.408 e. The Bertz CT molecular complexity index is 662. The first-order valence-corrected chi connectivity index (χ1v) is 12.7. The minimum absolute atomic E-state index is 0.0486. The number of alkyl carbamates (subject to hydrolysis) is 1. The van der Waals surface area contributed by atoms with Crippen molar-refractivity contribution in [2.24, 2.45) is 0 Å². The molecule has 0 saturated carbocycles. The van der Waals surface area contributed by atoms with Crippen LogP contribution < -0.4 is 10.8 Å². The van der Waals surface area contributed by atoms with Gasteiger partial charge in [0.1, 0.15) is 11.4 Å². The molecule has 0 aromatic carbocycles. The Hall–Kier alpha value is -1.42. The fourth-order valence-electron chi connectivity index (χ4n) is 1.88. The second-order valence-electron chi connectivity index (χ2n) is 8.99. The molecular formula is C18H33N3O4SSi. The lowest BCUT2D eigenvalue weighted by Crippen LogP contribution is -2.44. The molecule has 154 valence electrons. The number of rotatable bonds is 6. The Morgan fingerprint density at radius 2 is 1.89 bits per heavy atom. The molecule has 1 amide bonds. The SMILES string of the molecule is CC(C)(C)OC(=O)N[C@H](CO[Si](C)(C)C(C)(C)C)c1cc(C(=N)NO)cs1. The number of amides is 1. The van der Waals surface area contributed by atoms with Crippen molar-refractivity contribution in [2.75, 3.05) is 6.61 Å². The van der Waals surface area contributed by atoms with Crippen molar-refractivity contribution in [3.63, 3.8) is 0 Å². The highest BCUT2D eigenvalue weighted by atomic mass is 32.1. The topological polar surface area (TPSA) is 104 Å². The van der Waals surface area contributed by atoms with Gasteiger partial charge in [-0.05, 0) is 45.0 Å². The lowest BCUT2D eigenvalue weighted by Gasteiger charge is -2.37. The largest absolute Gasteiger partial charge is 0.444 e. The molecule has 0 aliphatic rings. The van der Waals surface area contributed by atoms with Crippen LogP contribution in [-0.2, 0) is 9.16 Å². The number of nitrogens with one attached hydrogen (secondary N) is 3. The Balaban J connectivity index is 3.00. The zero-order chi connectivity index (χ0) is 21.0. The molecule has 1 aromatic heterocycles. The van der Waals surface area contributed by atoms with Crippen LogP contribution in [0.25, 0.3) is 0 Å². The van der Waals surface area contributed by atoms with E-state index in [1.807, 2.05) is 26.3 Å². The number of carbonyl (C=O) groups is 1. The van der Waals surface area contributed by atoms with E-state index in [4.69, 9.17) is 19.8 Å². The Labute approximate surface area is 167 Å². The van der Waals surface area contributed by atoms with Crippen molar-refractivity contribution in [1.29, 1.82) is 5.41 Å². The third kappa shape index (κ3) is 7.25. The van der Waals surface area contributed by atoms with E-state index < -0.39 is 26.1 Å². The molecule has 27 heavy (non-hydrogen) atoms. The van der Waals surface area contributed by atoms with E-state index in [9.17, 15) is 4.79 Å². The minimum Gasteiger partial charge on any atom is -0.444 e. The van der Waals surface area contributed by atoms with E-state index >= 15 is 0 Å². The van der Waals surface area contributed by atoms with Crippen molar-refractivity contribution in [1.82, 2.24) is 10.8 Å². The van der Waals surface area contributed by atoms with Crippen LogP contribution in [0.5, 0.6) is 0 Å². The van der Waals surface area contributed by atoms with Gasteiger partial charge in [0, 0.05) is 15.8 Å². The highest BCUT2D eigenvalue weighted by Gasteiger charge is 2.38. The average molecular weight is 416 g/mol. The summed E-state index contributed by atoms with van der Waals surface area (Å²) in [5.74, 6) is -0.0983. The molecule has 0 bridgehead atoms. The first kappa shape index (κ1) is 23.6. The zero-order valence-corrected chi connectivity index (χ0v) is 19.3. The molecule has 0 radical (unpaired) electrons. The van der Waals surface area contributed by atoms with E-state index in [2.05, 4.69) is 39.2 Å². The summed E-state index contributed by atoms with van der Waals surface area (Å²) in [4.78, 5) is 13.1. The van der Waals surface area contributed by atoms with E-state index in [1.165, 1.54) is 11.3 Å². The van der Waals surface area contributed by atoms with Gasteiger partial charge in [-0.25, -0.2) is 4.79 Å². The number of carbonyl (C=O) groups excluding carboxylic acids is 1. The van der Waals surface area contributed by atoms with Gasteiger partial charge in [0.25, 0.3) is 0 Å². The summed E-state index contributed by atoms with van der Waals surface area (Å²) in [6.07, 6.45) is -0.517. The van der Waals surface area contributed by atoms with Gasteiger partial charge in [0.05, 0.1) is 12.6 Å². The monoisotopic (exact) mass is 415 g/mol. The maximum atomic E-state index is 12.3. The fourth-order valence-corrected chi connectivity index (χ4v) is 3.84. The van der Waals surface area contributed by atoms with Gasteiger partial charge in [0.15, 0.2) is 8.32 Å². The van der Waals surface area contributed by atoms with Gasteiger partial charge >= 0.3 is 6.09 Å². The van der Waals surface area contributed by atoms with Crippen molar-refractivity contribution in [3.05, 3.63) is 21.9 Å². The molecule has 0 aliphatic heterocycles. The van der Waals surface area contributed by atoms with Crippen LogP contribution in [0.3, 0.4) is 0 Å². The van der Waals surface area contributed by atoms with Gasteiger partial charge in [-0.1, -0.05) is 20.8 Å². The summed E-state index contributed by atoms with van der Waals surface area (Å²) in [6.45, 7) is 16.5. The second-order valence-corrected chi connectivity index (χ2v) is 14.7. The number of amidine groups is 1. The molecule has 0 fully saturated rings. The van der Waals surface area contributed by atoms with Gasteiger partial charge in [0.2, 0.25) is 0 Å². The standard InChI is InChI=1S/C18H33N3O4SSi/c1-17(2,3)25-16(22)20-13(10-24-27(7,8)18(4,5)6)14-9-12(11-26-14)15(19)21-23/h9,11,13,23H,10H2,1-8H3,(H2,19,21)(H,20,22)/t13-/m1/s1. The minimum atomic E-state index is -2.00. The summed E-state index contributed by atoms with van der Waals surface area (Å²) in [6, 6.07) is 1.35. The fraction of sp³-hybridized carbons (Fsp3) is 0.667. The molecule has 1 rings (SSSR count). The summed E-state index contributed by atoms with van der Waals surface area (Å²) in [7, 11) is -2.00. The van der Waals surface area contributed by atoms with Crippen LogP contribution in [0.2, 0.25) is 18.1 Å². The predicted octanol–water partition coefficient (Wildman–Crippen LogP) is 4.64. The summed E-state index contributed by atoms with van der Waals surface area (Å²) < 4.78 is 11.7. The number of hydroxylamine groups is 1. The first-order valence-electron chi connectivity index (χ1n) is 8.87. The maximum Gasteiger partial charge on any atom is 0.408 e. The molecule has 1 aromatic rings. The zero-order valence-electron chi connectivity index (χ0n) is 17.5. The molecule has 9 heteroatoms. The first-order chi connectivity index (χ1) is 12.2. The molecule has 1 atom stereocenters. The maximum absolute atomic E-state index is 12.3. The van der Waals surface area contributed by atoms with Crippen LogP contribution in [0.4, 0.5) is 4.79 Å². The van der Waals surface area contributed by atoms with Crippen molar-refractivity contribution in [3.8, 4) is 0 Å². The lowest BCUT2D eigenvalue weighted by atomic mass is 10.2. The van der Waals surface area contributed by atoms with Crippen LogP contribution in [0, 0.1) is 5.41 Å². The third-order valence-corrected chi connectivity index (χ3v) is 10.0. The molecule has 1 heterocycles. The lowest BCUT2D eigenvalue weighted by molar-refractivity contribution is 0.0485. The van der Waals surface area contributed by atoms with Gasteiger partial charge in [-0.2, -0.15) is 0 Å². The van der Waals surface area contributed by atoms with Gasteiger partial charge < -0.3 is 14.5 Å². The van der Waals surface area contributed by atoms with Crippen LogP contribution >= 0.6 is 11.3 Å². The number of hydrogen-bond donors (Lipinski definition) is 4. The number of ether oxygens (including phenoxy) is 1. The number of thiophene rings is 1. The normalized spacial score (nSPS) is 13.8. The predicted molar refractivity (Wildman–Crippen MR) is 111 cm³/mol. The van der Waals surface area contributed by atoms with Crippen LogP contribution in [0.15, 0.2) is 11.4 Å². The molecule has 0 saturated heterocycles. The van der Waals surface area contributed by atoms with Gasteiger partial charge in [-0.3, -0.25) is 16.1 Å². The summed E-state index contributed by atoms with van der Waals surface area (Å²) in [5.41, 5.74) is 1.78. The molecule has 7 nitrogen and oxygen atoms in total. The summed E-state index contributed by atoms with van der Waals surface area (Å²) in [5, 5.41) is 21.3. The second kappa shape index (κ2) is 8.72.